The van der Waals surface area contributed by atoms with Crippen molar-refractivity contribution in [1.29, 1.82) is 0 Å². The summed E-state index contributed by atoms with van der Waals surface area (Å²) in [4.78, 5) is 11.5. The summed E-state index contributed by atoms with van der Waals surface area (Å²) in [5.41, 5.74) is 2.41. The molecule has 1 aromatic rings. The number of carbonyl (C=O) groups is 1. The first kappa shape index (κ1) is 13.9. The molecule has 0 aliphatic heterocycles. The third-order valence-corrected chi connectivity index (χ3v) is 3.58. The standard InChI is InChI=1S/C17H22O2/c1-4-5-17(13(3)18)19-16-10-8-15(9-11-16)12(2)14-6-7-14/h8-11,14,17H,2,4-7H2,1,3H3/t17-/m1/s1. The number of hydrogen-bond donors (Lipinski definition) is 0. The van der Waals surface area contributed by atoms with Crippen molar-refractivity contribution < 1.29 is 9.53 Å². The molecule has 0 spiro atoms. The Bertz CT molecular complexity index is 455. The van der Waals surface area contributed by atoms with Crippen LogP contribution >= 0.6 is 0 Å². The highest BCUT2D eigenvalue weighted by Gasteiger charge is 2.25. The lowest BCUT2D eigenvalue weighted by Gasteiger charge is -2.16. The molecule has 0 unspecified atom stereocenters. The number of ether oxygens (including phenoxy) is 1. The van der Waals surface area contributed by atoms with Gasteiger partial charge in [-0.05, 0) is 55.4 Å². The molecule has 2 heteroatoms. The Balaban J connectivity index is 2.00. The van der Waals surface area contributed by atoms with E-state index in [2.05, 4.69) is 13.5 Å². The minimum absolute atomic E-state index is 0.0910. The van der Waals surface area contributed by atoms with Crippen LogP contribution in [-0.4, -0.2) is 11.9 Å². The molecule has 1 aliphatic carbocycles. The van der Waals surface area contributed by atoms with Gasteiger partial charge in [-0.15, -0.1) is 0 Å². The normalized spacial score (nSPS) is 15.9. The highest BCUT2D eigenvalue weighted by molar-refractivity contribution is 5.80. The second-order valence-electron chi connectivity index (χ2n) is 5.33. The topological polar surface area (TPSA) is 26.3 Å². The molecule has 0 heterocycles. The molecule has 1 aliphatic rings. The summed E-state index contributed by atoms with van der Waals surface area (Å²) in [5.74, 6) is 1.53. The van der Waals surface area contributed by atoms with Crippen LogP contribution in [0.15, 0.2) is 30.8 Å². The van der Waals surface area contributed by atoms with Crippen LogP contribution in [0, 0.1) is 5.92 Å². The Morgan fingerprint density at radius 2 is 2.00 bits per heavy atom. The molecule has 1 saturated carbocycles. The highest BCUT2D eigenvalue weighted by Crippen LogP contribution is 2.40. The van der Waals surface area contributed by atoms with Gasteiger partial charge >= 0.3 is 0 Å². The third kappa shape index (κ3) is 3.69. The molecule has 0 bridgehead atoms. The largest absolute Gasteiger partial charge is 0.483 e. The fourth-order valence-corrected chi connectivity index (χ4v) is 2.19. The number of carbonyl (C=O) groups excluding carboxylic acids is 1. The van der Waals surface area contributed by atoms with Gasteiger partial charge in [0, 0.05) is 0 Å². The summed E-state index contributed by atoms with van der Waals surface area (Å²) in [7, 11) is 0. The zero-order chi connectivity index (χ0) is 13.8. The van der Waals surface area contributed by atoms with E-state index >= 15 is 0 Å². The molecule has 2 nitrogen and oxygen atoms in total. The van der Waals surface area contributed by atoms with E-state index < -0.39 is 0 Å². The zero-order valence-electron chi connectivity index (χ0n) is 11.8. The van der Waals surface area contributed by atoms with E-state index in [1.807, 2.05) is 24.3 Å². The van der Waals surface area contributed by atoms with E-state index in [9.17, 15) is 4.79 Å². The third-order valence-electron chi connectivity index (χ3n) is 3.58. The van der Waals surface area contributed by atoms with Crippen LogP contribution in [0.2, 0.25) is 0 Å². The molecule has 1 aromatic carbocycles. The second kappa shape index (κ2) is 6.05. The number of ketones is 1. The van der Waals surface area contributed by atoms with Crippen molar-refractivity contribution in [2.24, 2.45) is 5.92 Å². The molecule has 0 saturated heterocycles. The molecule has 19 heavy (non-hydrogen) atoms. The SMILES string of the molecule is C=C(c1ccc(O[C@H](CCC)C(C)=O)cc1)C1CC1. The predicted molar refractivity (Wildman–Crippen MR) is 78.2 cm³/mol. The van der Waals surface area contributed by atoms with E-state index in [4.69, 9.17) is 4.74 Å². The fourth-order valence-electron chi connectivity index (χ4n) is 2.19. The van der Waals surface area contributed by atoms with E-state index in [1.165, 1.54) is 24.0 Å². The van der Waals surface area contributed by atoms with Gasteiger partial charge in [0.25, 0.3) is 0 Å². The van der Waals surface area contributed by atoms with Gasteiger partial charge in [0.2, 0.25) is 0 Å². The van der Waals surface area contributed by atoms with Crippen molar-refractivity contribution in [3.8, 4) is 5.75 Å². The van der Waals surface area contributed by atoms with Crippen LogP contribution in [0.4, 0.5) is 0 Å². The van der Waals surface area contributed by atoms with Gasteiger partial charge in [-0.3, -0.25) is 4.79 Å². The van der Waals surface area contributed by atoms with E-state index in [0.29, 0.717) is 5.92 Å². The maximum absolute atomic E-state index is 11.5. The molecule has 2 rings (SSSR count). The van der Waals surface area contributed by atoms with Gasteiger partial charge < -0.3 is 4.74 Å². The summed E-state index contributed by atoms with van der Waals surface area (Å²) >= 11 is 0. The quantitative estimate of drug-likeness (QED) is 0.731. The van der Waals surface area contributed by atoms with Gasteiger partial charge in [-0.25, -0.2) is 0 Å². The molecule has 1 atom stereocenters. The summed E-state index contributed by atoms with van der Waals surface area (Å²) in [5, 5.41) is 0. The Labute approximate surface area is 115 Å². The smallest absolute Gasteiger partial charge is 0.170 e. The minimum Gasteiger partial charge on any atom is -0.483 e. The summed E-state index contributed by atoms with van der Waals surface area (Å²) in [6.07, 6.45) is 3.93. The van der Waals surface area contributed by atoms with Gasteiger partial charge in [-0.1, -0.05) is 32.1 Å². The van der Waals surface area contributed by atoms with E-state index in [1.54, 1.807) is 6.92 Å². The molecular formula is C17H22O2. The highest BCUT2D eigenvalue weighted by atomic mass is 16.5. The molecule has 0 aromatic heterocycles. The van der Waals surface area contributed by atoms with Crippen LogP contribution in [0.5, 0.6) is 5.75 Å². The van der Waals surface area contributed by atoms with Crippen molar-refractivity contribution in [3.63, 3.8) is 0 Å². The van der Waals surface area contributed by atoms with Crippen molar-refractivity contribution in [3.05, 3.63) is 36.4 Å². The van der Waals surface area contributed by atoms with Crippen LogP contribution < -0.4 is 4.74 Å². The van der Waals surface area contributed by atoms with Crippen molar-refractivity contribution in [2.45, 2.75) is 45.6 Å². The van der Waals surface area contributed by atoms with Crippen LogP contribution in [0.1, 0.15) is 45.1 Å². The fraction of sp³-hybridized carbons (Fsp3) is 0.471. The molecule has 0 radical (unpaired) electrons. The summed E-state index contributed by atoms with van der Waals surface area (Å²) < 4.78 is 5.75. The van der Waals surface area contributed by atoms with Crippen molar-refractivity contribution in [2.75, 3.05) is 0 Å². The van der Waals surface area contributed by atoms with Gasteiger partial charge in [0.1, 0.15) is 5.75 Å². The summed E-state index contributed by atoms with van der Waals surface area (Å²) in [6, 6.07) is 7.96. The van der Waals surface area contributed by atoms with Crippen LogP contribution in [-0.2, 0) is 4.79 Å². The monoisotopic (exact) mass is 258 g/mol. The number of rotatable bonds is 7. The minimum atomic E-state index is -0.317. The van der Waals surface area contributed by atoms with Crippen LogP contribution in [0.25, 0.3) is 5.57 Å². The first-order valence-electron chi connectivity index (χ1n) is 7.08. The number of benzene rings is 1. The molecule has 0 N–H and O–H groups in total. The van der Waals surface area contributed by atoms with Crippen molar-refractivity contribution >= 4 is 11.4 Å². The average molecular weight is 258 g/mol. The van der Waals surface area contributed by atoms with Crippen molar-refractivity contribution in [1.82, 2.24) is 0 Å². The first-order chi connectivity index (χ1) is 9.11. The Morgan fingerprint density at radius 3 is 2.47 bits per heavy atom. The first-order valence-corrected chi connectivity index (χ1v) is 7.08. The Hall–Kier alpha value is -1.57. The van der Waals surface area contributed by atoms with Gasteiger partial charge in [0.15, 0.2) is 11.9 Å². The number of allylic oxidation sites excluding steroid dienone is 1. The van der Waals surface area contributed by atoms with E-state index in [0.717, 1.165) is 18.6 Å². The molecule has 0 amide bonds. The lowest BCUT2D eigenvalue weighted by molar-refractivity contribution is -0.123. The lowest BCUT2D eigenvalue weighted by atomic mass is 10.0. The van der Waals surface area contributed by atoms with E-state index in [-0.39, 0.29) is 11.9 Å². The predicted octanol–water partition coefficient (Wildman–Crippen LogP) is 4.25. The zero-order valence-corrected chi connectivity index (χ0v) is 11.8. The Kier molecular flexibility index (Phi) is 4.41. The maximum Gasteiger partial charge on any atom is 0.170 e. The lowest BCUT2D eigenvalue weighted by Crippen LogP contribution is -2.24. The second-order valence-corrected chi connectivity index (χ2v) is 5.33. The van der Waals surface area contributed by atoms with Gasteiger partial charge in [-0.2, -0.15) is 0 Å². The number of hydrogen-bond acceptors (Lipinski definition) is 2. The molecule has 102 valence electrons. The summed E-state index contributed by atoms with van der Waals surface area (Å²) in [6.45, 7) is 7.78. The molecular weight excluding hydrogens is 236 g/mol. The Morgan fingerprint density at radius 1 is 1.37 bits per heavy atom. The number of Topliss-reactive ketones (excluding diaryl/α,β-unsaturated/α-hetero) is 1. The maximum atomic E-state index is 11.5. The van der Waals surface area contributed by atoms with Gasteiger partial charge in [0.05, 0.1) is 0 Å². The average Bonchev–Trinajstić information content (AvgIpc) is 3.22. The van der Waals surface area contributed by atoms with Crippen LogP contribution in [0.3, 0.4) is 0 Å². The molecule has 1 fully saturated rings.